The molecule has 0 aliphatic carbocycles. The second-order valence-electron chi connectivity index (χ2n) is 7.93. The number of carbonyl (C=O) groups is 2. The second kappa shape index (κ2) is 6.24. The Hall–Kier alpha value is -2.24. The summed E-state index contributed by atoms with van der Waals surface area (Å²) in [6.45, 7) is 9.18. The summed E-state index contributed by atoms with van der Waals surface area (Å²) in [5, 5.41) is 2.98. The van der Waals surface area contributed by atoms with E-state index in [1.54, 1.807) is 4.90 Å². The van der Waals surface area contributed by atoms with Crippen molar-refractivity contribution in [3.8, 4) is 0 Å². The van der Waals surface area contributed by atoms with Crippen LogP contribution in [0, 0.1) is 6.92 Å². The monoisotopic (exact) mass is 345 g/mol. The number of nitrogens with zero attached hydrogens (tertiary/aromatic N) is 2. The predicted octanol–water partition coefficient (Wildman–Crippen LogP) is 2.66. The fourth-order valence-corrected chi connectivity index (χ4v) is 3.54. The Balaban J connectivity index is 1.74. The number of nitrogens with one attached hydrogen (secondary N) is 1. The molecule has 0 atom stereocenters. The maximum atomic E-state index is 12.6. The summed E-state index contributed by atoms with van der Waals surface area (Å²) in [6.07, 6.45) is 0.903. The zero-order valence-corrected chi connectivity index (χ0v) is 15.5. The molecule has 0 radical (unpaired) electrons. The molecule has 2 fully saturated rings. The maximum Gasteiger partial charge on any atom is 0.410 e. The van der Waals surface area contributed by atoms with E-state index in [1.807, 2.05) is 27.7 Å². The van der Waals surface area contributed by atoms with E-state index in [0.717, 1.165) is 5.69 Å². The van der Waals surface area contributed by atoms with Crippen molar-refractivity contribution in [2.24, 2.45) is 0 Å². The Kier molecular flexibility index (Phi) is 4.39. The number of rotatable bonds is 1. The highest BCUT2D eigenvalue weighted by Crippen LogP contribution is 2.36. The Labute approximate surface area is 149 Å². The van der Waals surface area contributed by atoms with E-state index in [0.29, 0.717) is 32.6 Å². The van der Waals surface area contributed by atoms with Crippen molar-refractivity contribution >= 4 is 17.7 Å². The zero-order chi connectivity index (χ0) is 18.2. The van der Waals surface area contributed by atoms with Crippen molar-refractivity contribution < 1.29 is 14.3 Å². The van der Waals surface area contributed by atoms with Gasteiger partial charge in [0, 0.05) is 18.8 Å². The second-order valence-corrected chi connectivity index (χ2v) is 7.93. The predicted molar refractivity (Wildman–Crippen MR) is 96.4 cm³/mol. The van der Waals surface area contributed by atoms with Gasteiger partial charge in [0.2, 0.25) is 5.91 Å². The van der Waals surface area contributed by atoms with Gasteiger partial charge < -0.3 is 19.9 Å². The van der Waals surface area contributed by atoms with Gasteiger partial charge in [0.05, 0.1) is 6.67 Å². The smallest absolute Gasteiger partial charge is 0.410 e. The summed E-state index contributed by atoms with van der Waals surface area (Å²) in [4.78, 5) is 28.7. The van der Waals surface area contributed by atoms with Crippen LogP contribution in [-0.4, -0.2) is 47.8 Å². The number of benzene rings is 1. The first-order valence-corrected chi connectivity index (χ1v) is 8.82. The molecule has 0 unspecified atom stereocenters. The SMILES string of the molecule is Cc1ccc(N2CNC(=O)C23CCN(C(=O)OC(C)(C)C)CC3)cc1. The number of amides is 2. The van der Waals surface area contributed by atoms with E-state index in [2.05, 4.69) is 34.5 Å². The van der Waals surface area contributed by atoms with E-state index in [-0.39, 0.29) is 12.0 Å². The molecule has 3 rings (SSSR count). The number of anilines is 1. The minimum atomic E-state index is -0.576. The Morgan fingerprint density at radius 3 is 2.32 bits per heavy atom. The van der Waals surface area contributed by atoms with E-state index >= 15 is 0 Å². The summed E-state index contributed by atoms with van der Waals surface area (Å²) in [6, 6.07) is 8.22. The highest BCUT2D eigenvalue weighted by molar-refractivity contribution is 5.93. The largest absolute Gasteiger partial charge is 0.444 e. The zero-order valence-electron chi connectivity index (χ0n) is 15.5. The van der Waals surface area contributed by atoms with Crippen LogP contribution in [0.4, 0.5) is 10.5 Å². The average Bonchev–Trinajstić information content (AvgIpc) is 2.84. The molecule has 2 aliphatic rings. The van der Waals surface area contributed by atoms with Gasteiger partial charge in [0.1, 0.15) is 11.1 Å². The van der Waals surface area contributed by atoms with Crippen LogP contribution < -0.4 is 10.2 Å². The first-order valence-electron chi connectivity index (χ1n) is 8.82. The Bertz CT molecular complexity index is 655. The van der Waals surface area contributed by atoms with Crippen LogP contribution >= 0.6 is 0 Å². The number of likely N-dealkylation sites (tertiary alicyclic amines) is 1. The Morgan fingerprint density at radius 1 is 1.16 bits per heavy atom. The molecule has 6 nitrogen and oxygen atoms in total. The van der Waals surface area contributed by atoms with Gasteiger partial charge in [-0.05, 0) is 52.7 Å². The van der Waals surface area contributed by atoms with Crippen molar-refractivity contribution in [2.75, 3.05) is 24.7 Å². The van der Waals surface area contributed by atoms with Crippen LogP contribution in [0.15, 0.2) is 24.3 Å². The molecule has 2 aliphatic heterocycles. The summed E-state index contributed by atoms with van der Waals surface area (Å²) < 4.78 is 5.45. The van der Waals surface area contributed by atoms with Crippen LogP contribution in [0.25, 0.3) is 0 Å². The third kappa shape index (κ3) is 3.43. The van der Waals surface area contributed by atoms with Crippen LogP contribution in [-0.2, 0) is 9.53 Å². The summed E-state index contributed by atoms with van der Waals surface area (Å²) in [5.41, 5.74) is 1.14. The van der Waals surface area contributed by atoms with E-state index in [1.165, 1.54) is 5.56 Å². The minimum Gasteiger partial charge on any atom is -0.444 e. The van der Waals surface area contributed by atoms with Crippen molar-refractivity contribution in [1.29, 1.82) is 0 Å². The van der Waals surface area contributed by atoms with Gasteiger partial charge in [0.25, 0.3) is 0 Å². The Morgan fingerprint density at radius 2 is 1.76 bits per heavy atom. The number of hydrogen-bond donors (Lipinski definition) is 1. The summed E-state index contributed by atoms with van der Waals surface area (Å²) in [5.74, 6) is 0.0527. The lowest BCUT2D eigenvalue weighted by Crippen LogP contribution is -2.57. The maximum absolute atomic E-state index is 12.6. The molecule has 0 bridgehead atoms. The number of hydrogen-bond acceptors (Lipinski definition) is 4. The molecule has 1 N–H and O–H groups in total. The van der Waals surface area contributed by atoms with Gasteiger partial charge in [-0.15, -0.1) is 0 Å². The lowest BCUT2D eigenvalue weighted by atomic mass is 9.85. The molecule has 1 aromatic rings. The number of aryl methyl sites for hydroxylation is 1. The van der Waals surface area contributed by atoms with Gasteiger partial charge in [0.15, 0.2) is 0 Å². The lowest BCUT2D eigenvalue weighted by Gasteiger charge is -2.43. The van der Waals surface area contributed by atoms with Crippen LogP contribution in [0.3, 0.4) is 0 Å². The first kappa shape index (κ1) is 17.6. The first-order chi connectivity index (χ1) is 11.7. The van der Waals surface area contributed by atoms with Crippen LogP contribution in [0.5, 0.6) is 0 Å². The van der Waals surface area contributed by atoms with Crippen molar-refractivity contribution in [3.63, 3.8) is 0 Å². The molecule has 1 spiro atoms. The molecule has 136 valence electrons. The van der Waals surface area contributed by atoms with Crippen molar-refractivity contribution in [1.82, 2.24) is 10.2 Å². The van der Waals surface area contributed by atoms with Gasteiger partial charge in [-0.3, -0.25) is 4.79 Å². The third-order valence-electron chi connectivity index (χ3n) is 4.93. The van der Waals surface area contributed by atoms with Crippen LogP contribution in [0.2, 0.25) is 0 Å². The molecule has 0 saturated carbocycles. The summed E-state index contributed by atoms with van der Waals surface area (Å²) >= 11 is 0. The molecule has 1 aromatic carbocycles. The number of ether oxygens (including phenoxy) is 1. The molecular formula is C19H27N3O3. The number of piperidine rings is 1. The quantitative estimate of drug-likeness (QED) is 0.850. The summed E-state index contributed by atoms with van der Waals surface area (Å²) in [7, 11) is 0. The van der Waals surface area contributed by atoms with Crippen molar-refractivity contribution in [2.45, 2.75) is 51.7 Å². The van der Waals surface area contributed by atoms with E-state index in [9.17, 15) is 9.59 Å². The topological polar surface area (TPSA) is 61.9 Å². The molecule has 2 saturated heterocycles. The molecule has 0 aromatic heterocycles. The number of carbonyl (C=O) groups excluding carboxylic acids is 2. The third-order valence-corrected chi connectivity index (χ3v) is 4.93. The van der Waals surface area contributed by atoms with E-state index < -0.39 is 11.1 Å². The average molecular weight is 345 g/mol. The van der Waals surface area contributed by atoms with Gasteiger partial charge in [-0.1, -0.05) is 17.7 Å². The molecule has 2 amide bonds. The fourth-order valence-electron chi connectivity index (χ4n) is 3.54. The standard InChI is InChI=1S/C19H27N3O3/c1-14-5-7-15(8-6-14)22-13-20-16(23)19(22)9-11-21(12-10-19)17(24)25-18(2,3)4/h5-8H,9-13H2,1-4H3,(H,20,23). The molecular weight excluding hydrogens is 318 g/mol. The highest BCUT2D eigenvalue weighted by atomic mass is 16.6. The normalized spacial score (nSPS) is 19.9. The van der Waals surface area contributed by atoms with Crippen LogP contribution in [0.1, 0.15) is 39.2 Å². The molecule has 6 heteroatoms. The molecule has 25 heavy (non-hydrogen) atoms. The van der Waals surface area contributed by atoms with Crippen molar-refractivity contribution in [3.05, 3.63) is 29.8 Å². The molecule has 2 heterocycles. The van der Waals surface area contributed by atoms with Gasteiger partial charge in [-0.25, -0.2) is 4.79 Å². The van der Waals surface area contributed by atoms with Gasteiger partial charge in [-0.2, -0.15) is 0 Å². The van der Waals surface area contributed by atoms with Gasteiger partial charge >= 0.3 is 6.09 Å². The fraction of sp³-hybridized carbons (Fsp3) is 0.579. The highest BCUT2D eigenvalue weighted by Gasteiger charge is 2.51. The van der Waals surface area contributed by atoms with E-state index in [4.69, 9.17) is 4.74 Å². The minimum absolute atomic E-state index is 0.0527. The lowest BCUT2D eigenvalue weighted by molar-refractivity contribution is -0.125.